The molecule has 1 aromatic carbocycles. The molecule has 2 aromatic rings. The van der Waals surface area contributed by atoms with E-state index in [9.17, 15) is 14.3 Å². The van der Waals surface area contributed by atoms with E-state index in [1.54, 1.807) is 30.9 Å². The number of anilines is 2. The maximum Gasteiger partial charge on any atom is 0.410 e. The van der Waals surface area contributed by atoms with Crippen LogP contribution in [0.4, 0.5) is 20.7 Å². The minimum atomic E-state index is -0.456. The fraction of sp³-hybridized carbons (Fsp3) is 0.450. The average Bonchev–Trinajstić information content (AvgIpc) is 2.72. The van der Waals surface area contributed by atoms with Gasteiger partial charge in [-0.3, -0.25) is 0 Å². The summed E-state index contributed by atoms with van der Waals surface area (Å²) < 4.78 is 25.3. The van der Waals surface area contributed by atoms with Crippen LogP contribution in [0.15, 0.2) is 29.4 Å². The van der Waals surface area contributed by atoms with Crippen molar-refractivity contribution in [1.29, 1.82) is 0 Å². The van der Waals surface area contributed by atoms with Gasteiger partial charge >= 0.3 is 6.09 Å². The van der Waals surface area contributed by atoms with Gasteiger partial charge in [0.05, 0.1) is 11.8 Å². The van der Waals surface area contributed by atoms with Crippen LogP contribution in [0.1, 0.15) is 26.7 Å². The van der Waals surface area contributed by atoms with E-state index in [4.69, 9.17) is 9.47 Å². The van der Waals surface area contributed by atoms with Crippen LogP contribution in [0.25, 0.3) is 0 Å². The molecule has 3 rings (SSSR count). The highest BCUT2D eigenvalue weighted by Gasteiger charge is 2.27. The minimum absolute atomic E-state index is 0.0110. The van der Waals surface area contributed by atoms with Gasteiger partial charge in [0.1, 0.15) is 18.2 Å². The topological polar surface area (TPSA) is 96.8 Å². The molecule has 1 aromatic heterocycles. The van der Waals surface area contributed by atoms with Crippen molar-refractivity contribution >= 4 is 29.4 Å². The third-order valence-electron chi connectivity index (χ3n) is 4.53. The molecule has 10 heteroatoms. The van der Waals surface area contributed by atoms with Crippen molar-refractivity contribution in [2.45, 2.75) is 43.8 Å². The number of hydrogen-bond acceptors (Lipinski definition) is 8. The summed E-state index contributed by atoms with van der Waals surface area (Å²) in [5, 5.41) is 13.3. The maximum absolute atomic E-state index is 14.2. The number of nitrogens with zero attached hydrogens (tertiary/aromatic N) is 3. The number of nitrogens with one attached hydrogen (secondary N) is 1. The van der Waals surface area contributed by atoms with E-state index in [2.05, 4.69) is 15.3 Å². The summed E-state index contributed by atoms with van der Waals surface area (Å²) in [4.78, 5) is 22.4. The molecule has 0 spiro atoms. The van der Waals surface area contributed by atoms with Gasteiger partial charge in [-0.15, -0.1) is 11.8 Å². The van der Waals surface area contributed by atoms with E-state index in [0.717, 1.165) is 4.90 Å². The second-order valence-corrected chi connectivity index (χ2v) is 7.96. The molecule has 0 atom stereocenters. The Labute approximate surface area is 178 Å². The van der Waals surface area contributed by atoms with Crippen LogP contribution in [0.5, 0.6) is 11.6 Å². The molecule has 162 valence electrons. The highest BCUT2D eigenvalue weighted by atomic mass is 32.2. The molecular weight excluding hydrogens is 411 g/mol. The zero-order valence-corrected chi connectivity index (χ0v) is 17.9. The van der Waals surface area contributed by atoms with Gasteiger partial charge in [0.15, 0.2) is 5.82 Å². The molecule has 8 nitrogen and oxygen atoms in total. The van der Waals surface area contributed by atoms with Gasteiger partial charge in [-0.2, -0.15) is 4.98 Å². The molecule has 0 radical (unpaired) electrons. The smallest absolute Gasteiger partial charge is 0.410 e. The predicted molar refractivity (Wildman–Crippen MR) is 112 cm³/mol. The van der Waals surface area contributed by atoms with Crippen molar-refractivity contribution in [1.82, 2.24) is 14.9 Å². The summed E-state index contributed by atoms with van der Waals surface area (Å²) >= 11 is 1.43. The summed E-state index contributed by atoms with van der Waals surface area (Å²) in [5.74, 6) is -0.693. The number of carbonyl (C=O) groups is 1. The van der Waals surface area contributed by atoms with Crippen molar-refractivity contribution in [3.63, 3.8) is 0 Å². The third kappa shape index (κ3) is 5.44. The molecule has 2 heterocycles. The Morgan fingerprint density at radius 3 is 2.70 bits per heavy atom. The Kier molecular flexibility index (Phi) is 7.20. The molecule has 2 N–H and O–H groups in total. The lowest BCUT2D eigenvalue weighted by Gasteiger charge is -2.31. The van der Waals surface area contributed by atoms with Crippen molar-refractivity contribution in [2.75, 3.05) is 24.7 Å². The molecule has 1 aliphatic rings. The normalized spacial score (nSPS) is 14.6. The van der Waals surface area contributed by atoms with Crippen LogP contribution >= 0.6 is 11.8 Å². The number of ether oxygens (including phenoxy) is 2. The van der Waals surface area contributed by atoms with Crippen molar-refractivity contribution in [3.05, 3.63) is 30.3 Å². The Hall–Kier alpha value is -2.75. The number of likely N-dealkylation sites (tertiary alicyclic amines) is 1. The number of hydrogen-bond donors (Lipinski definition) is 2. The summed E-state index contributed by atoms with van der Waals surface area (Å²) in [6, 6.07) is 4.75. The number of halogens is 1. The van der Waals surface area contributed by atoms with Gasteiger partial charge < -0.3 is 24.8 Å². The highest BCUT2D eigenvalue weighted by molar-refractivity contribution is 7.98. The molecule has 1 fully saturated rings. The third-order valence-corrected chi connectivity index (χ3v) is 5.26. The lowest BCUT2D eigenvalue weighted by Crippen LogP contribution is -2.42. The van der Waals surface area contributed by atoms with Gasteiger partial charge in [0, 0.05) is 30.8 Å². The lowest BCUT2D eigenvalue weighted by molar-refractivity contribution is 0.0500. The van der Waals surface area contributed by atoms with Gasteiger partial charge in [-0.25, -0.2) is 14.2 Å². The first-order valence-electron chi connectivity index (χ1n) is 9.64. The SMILES string of the molecule is CSc1ccc(Nc2ncnc(OC3CCN(C(=O)OC(C)C)CC3)c2O)c(F)c1. The van der Waals surface area contributed by atoms with Gasteiger partial charge in [0.2, 0.25) is 5.75 Å². The fourth-order valence-corrected chi connectivity index (χ4v) is 3.41. The second kappa shape index (κ2) is 9.84. The van der Waals surface area contributed by atoms with Crippen LogP contribution in [0.2, 0.25) is 0 Å². The van der Waals surface area contributed by atoms with Crippen LogP contribution in [-0.2, 0) is 4.74 Å². The van der Waals surface area contributed by atoms with Gasteiger partial charge in [0.25, 0.3) is 5.88 Å². The number of benzene rings is 1. The summed E-state index contributed by atoms with van der Waals surface area (Å²) in [7, 11) is 0. The number of aromatic nitrogens is 2. The Morgan fingerprint density at radius 2 is 2.07 bits per heavy atom. The van der Waals surface area contributed by atoms with Crippen LogP contribution in [-0.4, -0.2) is 57.6 Å². The maximum atomic E-state index is 14.2. The van der Waals surface area contributed by atoms with E-state index in [-0.39, 0.29) is 41.4 Å². The van der Waals surface area contributed by atoms with E-state index < -0.39 is 5.82 Å². The summed E-state index contributed by atoms with van der Waals surface area (Å²) in [6.45, 7) is 4.58. The molecule has 30 heavy (non-hydrogen) atoms. The molecule has 0 unspecified atom stereocenters. The number of piperidine rings is 1. The first-order chi connectivity index (χ1) is 14.4. The molecule has 0 saturated carbocycles. The average molecular weight is 437 g/mol. The van der Waals surface area contributed by atoms with Gasteiger partial charge in [-0.05, 0) is 38.3 Å². The number of thioether (sulfide) groups is 1. The standard InChI is InChI=1S/C20H25FN4O4S/c1-12(2)28-20(27)25-8-6-13(7-9-25)29-19-17(26)18(22-11-23-19)24-16-5-4-14(30-3)10-15(16)21/h4-5,10-13,26H,6-9H2,1-3H3,(H,22,23,24). The first kappa shape index (κ1) is 21.9. The zero-order chi connectivity index (χ0) is 21.7. The van der Waals surface area contributed by atoms with Crippen LogP contribution < -0.4 is 10.1 Å². The molecule has 0 bridgehead atoms. The monoisotopic (exact) mass is 436 g/mol. The van der Waals surface area contributed by atoms with E-state index >= 15 is 0 Å². The first-order valence-corrected chi connectivity index (χ1v) is 10.9. The van der Waals surface area contributed by atoms with Crippen molar-refractivity contribution in [3.8, 4) is 11.6 Å². The predicted octanol–water partition coefficient (Wildman–Crippen LogP) is 4.18. The number of carbonyl (C=O) groups excluding carboxylic acids is 1. The second-order valence-electron chi connectivity index (χ2n) is 7.08. The lowest BCUT2D eigenvalue weighted by atomic mass is 10.1. The largest absolute Gasteiger partial charge is 0.501 e. The van der Waals surface area contributed by atoms with Gasteiger partial charge in [-0.1, -0.05) is 0 Å². The molecular formula is C20H25FN4O4S. The van der Waals surface area contributed by atoms with Crippen molar-refractivity contribution < 1.29 is 23.8 Å². The summed E-state index contributed by atoms with van der Waals surface area (Å²) in [5.41, 5.74) is 0.185. The minimum Gasteiger partial charge on any atom is -0.501 e. The quantitative estimate of drug-likeness (QED) is 0.651. The van der Waals surface area contributed by atoms with Crippen LogP contribution in [0, 0.1) is 5.82 Å². The number of rotatable bonds is 6. The van der Waals surface area contributed by atoms with E-state index in [0.29, 0.717) is 25.9 Å². The van der Waals surface area contributed by atoms with Crippen LogP contribution in [0.3, 0.4) is 0 Å². The molecule has 1 saturated heterocycles. The fourth-order valence-electron chi connectivity index (χ4n) is 2.98. The Balaban J connectivity index is 1.63. The van der Waals surface area contributed by atoms with E-state index in [1.807, 2.05) is 6.26 Å². The number of aromatic hydroxyl groups is 1. The number of amides is 1. The van der Waals surface area contributed by atoms with E-state index in [1.165, 1.54) is 24.2 Å². The highest BCUT2D eigenvalue weighted by Crippen LogP contribution is 2.34. The Morgan fingerprint density at radius 1 is 1.33 bits per heavy atom. The summed E-state index contributed by atoms with van der Waals surface area (Å²) in [6.07, 6.45) is 3.51. The van der Waals surface area contributed by atoms with Crippen molar-refractivity contribution in [2.24, 2.45) is 0 Å². The molecule has 1 amide bonds. The molecule has 1 aliphatic heterocycles. The molecule has 0 aliphatic carbocycles. The Bertz CT molecular complexity index is 891. The zero-order valence-electron chi connectivity index (χ0n) is 17.1.